The van der Waals surface area contributed by atoms with E-state index in [1.807, 2.05) is 30.3 Å². The van der Waals surface area contributed by atoms with E-state index in [4.69, 9.17) is 10.5 Å². The molecule has 0 unspecified atom stereocenters. The van der Waals surface area contributed by atoms with Crippen LogP contribution in [0.5, 0.6) is 0 Å². The number of carbonyl (C=O) groups is 1. The number of esters is 1. The van der Waals surface area contributed by atoms with E-state index in [2.05, 4.69) is 0 Å². The maximum Gasteiger partial charge on any atom is 0.337 e. The third-order valence-electron chi connectivity index (χ3n) is 4.53. The van der Waals surface area contributed by atoms with Crippen molar-refractivity contribution in [3.8, 4) is 0 Å². The summed E-state index contributed by atoms with van der Waals surface area (Å²) < 4.78 is 32.7. The Balaban J connectivity index is 2.40. The molecule has 0 fully saturated rings. The molecule has 0 radical (unpaired) electrons. The lowest BCUT2D eigenvalue weighted by molar-refractivity contribution is 0.0600. The number of aryl methyl sites for hydroxylation is 1. The number of nitrogens with zero attached hydrogens (tertiary/aromatic N) is 1. The van der Waals surface area contributed by atoms with Crippen molar-refractivity contribution in [3.05, 3.63) is 64.7 Å². The van der Waals surface area contributed by atoms with Crippen LogP contribution < -0.4 is 5.73 Å². The van der Waals surface area contributed by atoms with Crippen LogP contribution in [0, 0.1) is 13.8 Å². The summed E-state index contributed by atoms with van der Waals surface area (Å²) in [6.45, 7) is 4.24. The number of hydrogen-bond donors (Lipinski definition) is 1. The van der Waals surface area contributed by atoms with Gasteiger partial charge in [0, 0.05) is 19.6 Å². The van der Waals surface area contributed by atoms with E-state index >= 15 is 0 Å². The van der Waals surface area contributed by atoms with E-state index in [9.17, 15) is 13.2 Å². The standard InChI is InChI=1S/C20H26N2O4S/c1-15-13-18(20(23)26-3)14-19(16(15)2)27(24,25)22(12-10-21)11-9-17-7-5-4-6-8-17/h4-8,13-14H,9-12,21H2,1-3H3. The Morgan fingerprint density at radius 3 is 2.37 bits per heavy atom. The van der Waals surface area contributed by atoms with Gasteiger partial charge < -0.3 is 10.5 Å². The second-order valence-electron chi connectivity index (χ2n) is 6.34. The quantitative estimate of drug-likeness (QED) is 0.699. The van der Waals surface area contributed by atoms with Crippen molar-refractivity contribution in [1.82, 2.24) is 4.31 Å². The largest absolute Gasteiger partial charge is 0.465 e. The van der Waals surface area contributed by atoms with Gasteiger partial charge in [-0.05, 0) is 49.1 Å². The molecule has 0 aliphatic carbocycles. The van der Waals surface area contributed by atoms with Crippen LogP contribution in [-0.4, -0.2) is 45.4 Å². The van der Waals surface area contributed by atoms with Gasteiger partial charge in [0.25, 0.3) is 0 Å². The lowest BCUT2D eigenvalue weighted by atomic mass is 10.1. The van der Waals surface area contributed by atoms with E-state index in [0.29, 0.717) is 24.1 Å². The fraction of sp³-hybridized carbons (Fsp3) is 0.350. The summed E-state index contributed by atoms with van der Waals surface area (Å²) in [5, 5.41) is 0. The Labute approximate surface area is 161 Å². The minimum atomic E-state index is -3.81. The molecule has 6 nitrogen and oxygen atoms in total. The van der Waals surface area contributed by atoms with Crippen molar-refractivity contribution < 1.29 is 17.9 Å². The molecule has 0 atom stereocenters. The highest BCUT2D eigenvalue weighted by atomic mass is 32.2. The summed E-state index contributed by atoms with van der Waals surface area (Å²) in [4.78, 5) is 12.0. The molecule has 7 heteroatoms. The van der Waals surface area contributed by atoms with Crippen LogP contribution in [0.1, 0.15) is 27.0 Å². The van der Waals surface area contributed by atoms with Crippen molar-refractivity contribution >= 4 is 16.0 Å². The maximum absolute atomic E-state index is 13.3. The fourth-order valence-corrected chi connectivity index (χ4v) is 4.64. The van der Waals surface area contributed by atoms with Gasteiger partial charge in [-0.25, -0.2) is 13.2 Å². The zero-order chi connectivity index (χ0) is 20.0. The topological polar surface area (TPSA) is 89.7 Å². The molecule has 146 valence electrons. The van der Waals surface area contributed by atoms with Crippen molar-refractivity contribution in [3.63, 3.8) is 0 Å². The molecule has 2 N–H and O–H groups in total. The van der Waals surface area contributed by atoms with Gasteiger partial charge in [-0.1, -0.05) is 30.3 Å². The highest BCUT2D eigenvalue weighted by molar-refractivity contribution is 7.89. The van der Waals surface area contributed by atoms with Crippen LogP contribution in [0.4, 0.5) is 0 Å². The molecule has 2 rings (SSSR count). The van der Waals surface area contributed by atoms with Crippen LogP contribution in [0.25, 0.3) is 0 Å². The third kappa shape index (κ3) is 4.94. The number of nitrogens with two attached hydrogens (primary N) is 1. The Morgan fingerprint density at radius 1 is 1.11 bits per heavy atom. The minimum absolute atomic E-state index is 0.115. The lowest BCUT2D eigenvalue weighted by Gasteiger charge is -2.23. The molecule has 2 aromatic rings. The summed E-state index contributed by atoms with van der Waals surface area (Å²) >= 11 is 0. The lowest BCUT2D eigenvalue weighted by Crippen LogP contribution is -2.37. The molecule has 0 aromatic heterocycles. The van der Waals surface area contributed by atoms with Gasteiger partial charge in [0.15, 0.2) is 0 Å². The molecule has 0 saturated heterocycles. The number of methoxy groups -OCH3 is 1. The average molecular weight is 391 g/mol. The Hall–Kier alpha value is -2.22. The predicted molar refractivity (Wildman–Crippen MR) is 105 cm³/mol. The van der Waals surface area contributed by atoms with Crippen LogP contribution in [0.15, 0.2) is 47.4 Å². The van der Waals surface area contributed by atoms with E-state index in [1.165, 1.54) is 17.5 Å². The number of rotatable bonds is 8. The van der Waals surface area contributed by atoms with Gasteiger partial charge >= 0.3 is 5.97 Å². The summed E-state index contributed by atoms with van der Waals surface area (Å²) in [5.41, 5.74) is 8.26. The van der Waals surface area contributed by atoms with Gasteiger partial charge in [0.2, 0.25) is 10.0 Å². The molecule has 0 aliphatic heterocycles. The zero-order valence-corrected chi connectivity index (χ0v) is 16.8. The normalized spacial score (nSPS) is 11.6. The van der Waals surface area contributed by atoms with Crippen molar-refractivity contribution in [2.75, 3.05) is 26.7 Å². The van der Waals surface area contributed by atoms with Crippen LogP contribution in [0.2, 0.25) is 0 Å². The maximum atomic E-state index is 13.3. The number of sulfonamides is 1. The second kappa shape index (κ2) is 9.12. The molecular weight excluding hydrogens is 364 g/mol. The summed E-state index contributed by atoms with van der Waals surface area (Å²) in [7, 11) is -2.54. The molecule has 2 aromatic carbocycles. The summed E-state index contributed by atoms with van der Waals surface area (Å²) in [6.07, 6.45) is 0.578. The first kappa shape index (κ1) is 21.1. The van der Waals surface area contributed by atoms with Crippen molar-refractivity contribution in [2.45, 2.75) is 25.2 Å². The molecule has 0 heterocycles. The smallest absolute Gasteiger partial charge is 0.337 e. The Bertz CT molecular complexity index is 896. The first-order valence-electron chi connectivity index (χ1n) is 8.75. The minimum Gasteiger partial charge on any atom is -0.465 e. The molecule has 0 amide bonds. The predicted octanol–water partition coefficient (Wildman–Crippen LogP) is 2.28. The number of ether oxygens (including phenoxy) is 1. The monoisotopic (exact) mass is 390 g/mol. The first-order chi connectivity index (χ1) is 12.8. The highest BCUT2D eigenvalue weighted by Crippen LogP contribution is 2.25. The van der Waals surface area contributed by atoms with Crippen molar-refractivity contribution in [2.24, 2.45) is 5.73 Å². The average Bonchev–Trinajstić information content (AvgIpc) is 2.66. The zero-order valence-electron chi connectivity index (χ0n) is 15.9. The Kier molecular flexibility index (Phi) is 7.12. The van der Waals surface area contributed by atoms with E-state index in [1.54, 1.807) is 19.9 Å². The number of hydrogen-bond acceptors (Lipinski definition) is 5. The van der Waals surface area contributed by atoms with Gasteiger partial charge in [0.05, 0.1) is 17.6 Å². The second-order valence-corrected chi connectivity index (χ2v) is 8.24. The summed E-state index contributed by atoms with van der Waals surface area (Å²) in [6, 6.07) is 12.7. The number of carbonyl (C=O) groups excluding carboxylic acids is 1. The molecule has 0 aliphatic rings. The van der Waals surface area contributed by atoms with Gasteiger partial charge in [-0.15, -0.1) is 0 Å². The first-order valence-corrected chi connectivity index (χ1v) is 10.2. The van der Waals surface area contributed by atoms with Crippen LogP contribution >= 0.6 is 0 Å². The van der Waals surface area contributed by atoms with E-state index in [-0.39, 0.29) is 23.5 Å². The fourth-order valence-electron chi connectivity index (χ4n) is 2.86. The number of benzene rings is 2. The van der Waals surface area contributed by atoms with E-state index in [0.717, 1.165) is 5.56 Å². The van der Waals surface area contributed by atoms with E-state index < -0.39 is 16.0 Å². The third-order valence-corrected chi connectivity index (χ3v) is 6.55. The SMILES string of the molecule is COC(=O)c1cc(C)c(C)c(S(=O)(=O)N(CCN)CCc2ccccc2)c1. The molecular formula is C20H26N2O4S. The molecule has 0 saturated carbocycles. The Morgan fingerprint density at radius 2 is 1.78 bits per heavy atom. The highest BCUT2D eigenvalue weighted by Gasteiger charge is 2.27. The molecule has 0 spiro atoms. The van der Waals surface area contributed by atoms with Crippen LogP contribution in [-0.2, 0) is 21.2 Å². The molecule has 27 heavy (non-hydrogen) atoms. The summed E-state index contributed by atoms with van der Waals surface area (Å²) in [5.74, 6) is -0.566. The van der Waals surface area contributed by atoms with Gasteiger partial charge in [0.1, 0.15) is 0 Å². The van der Waals surface area contributed by atoms with Gasteiger partial charge in [-0.2, -0.15) is 4.31 Å². The van der Waals surface area contributed by atoms with Gasteiger partial charge in [-0.3, -0.25) is 0 Å². The van der Waals surface area contributed by atoms with Crippen LogP contribution in [0.3, 0.4) is 0 Å². The van der Waals surface area contributed by atoms with Crippen molar-refractivity contribution in [1.29, 1.82) is 0 Å². The molecule has 0 bridgehead atoms.